The lowest BCUT2D eigenvalue weighted by Gasteiger charge is -2.35. The fourth-order valence-corrected chi connectivity index (χ4v) is 4.30. The first-order valence-corrected chi connectivity index (χ1v) is 9.53. The molecule has 142 valence electrons. The largest absolute Gasteiger partial charge is 0.361 e. The van der Waals surface area contributed by atoms with Gasteiger partial charge in [0, 0.05) is 30.3 Å². The zero-order chi connectivity index (χ0) is 19.1. The molecule has 1 aromatic heterocycles. The number of rotatable bonds is 3. The Hall–Kier alpha value is -2.63. The number of hydrogen-bond donors (Lipinski definition) is 0. The summed E-state index contributed by atoms with van der Waals surface area (Å²) < 4.78 is 5.26. The second kappa shape index (κ2) is 6.83. The fourth-order valence-electron chi connectivity index (χ4n) is 4.30. The Morgan fingerprint density at radius 2 is 1.96 bits per heavy atom. The SMILES string of the molecule is Cc1ccccc1C(=O)N1C[C@H]2CC[C@@H](C1)N(Cc1c(C)noc1C)C2=O. The van der Waals surface area contributed by atoms with E-state index in [0.29, 0.717) is 19.6 Å². The number of piperidine rings is 1. The van der Waals surface area contributed by atoms with Crippen LogP contribution in [0.1, 0.15) is 45.8 Å². The molecule has 0 saturated carbocycles. The average Bonchev–Trinajstić information content (AvgIpc) is 2.83. The Morgan fingerprint density at radius 3 is 2.67 bits per heavy atom. The topological polar surface area (TPSA) is 66.7 Å². The number of amides is 2. The zero-order valence-corrected chi connectivity index (χ0v) is 16.1. The smallest absolute Gasteiger partial charge is 0.254 e. The van der Waals surface area contributed by atoms with Crippen molar-refractivity contribution in [2.45, 2.75) is 46.2 Å². The molecule has 3 aliphatic heterocycles. The van der Waals surface area contributed by atoms with E-state index in [1.54, 1.807) is 0 Å². The van der Waals surface area contributed by atoms with Crippen LogP contribution in [0.4, 0.5) is 0 Å². The molecule has 27 heavy (non-hydrogen) atoms. The predicted molar refractivity (Wildman–Crippen MR) is 100 cm³/mol. The zero-order valence-electron chi connectivity index (χ0n) is 16.1. The van der Waals surface area contributed by atoms with E-state index in [9.17, 15) is 9.59 Å². The lowest BCUT2D eigenvalue weighted by molar-refractivity contribution is -0.140. The first-order valence-electron chi connectivity index (χ1n) is 9.53. The second-order valence-electron chi connectivity index (χ2n) is 7.72. The molecule has 2 atom stereocenters. The van der Waals surface area contributed by atoms with E-state index in [0.717, 1.165) is 41.0 Å². The van der Waals surface area contributed by atoms with E-state index in [-0.39, 0.29) is 23.8 Å². The first-order chi connectivity index (χ1) is 13.0. The molecule has 2 amide bonds. The Balaban J connectivity index is 1.59. The standard InChI is InChI=1S/C21H25N3O3/c1-13-6-4-5-7-18(13)21(26)23-10-16-8-9-17(11-23)24(20(16)25)12-19-14(2)22-27-15(19)3/h4-7,16-17H,8-12H2,1-3H3/t16-,17+/m1/s1. The van der Waals surface area contributed by atoms with Crippen molar-refractivity contribution in [2.24, 2.45) is 5.92 Å². The number of nitrogens with zero attached hydrogens (tertiary/aromatic N) is 3. The van der Waals surface area contributed by atoms with Crippen LogP contribution >= 0.6 is 0 Å². The summed E-state index contributed by atoms with van der Waals surface area (Å²) in [6, 6.07) is 7.69. The Labute approximate surface area is 159 Å². The van der Waals surface area contributed by atoms with E-state index in [1.807, 2.05) is 54.8 Å². The van der Waals surface area contributed by atoms with Crippen molar-refractivity contribution in [2.75, 3.05) is 13.1 Å². The quantitative estimate of drug-likeness (QED) is 0.837. The van der Waals surface area contributed by atoms with Gasteiger partial charge in [-0.2, -0.15) is 0 Å². The molecule has 2 bridgehead atoms. The number of aryl methyl sites for hydroxylation is 3. The minimum atomic E-state index is -0.128. The normalized spacial score (nSPS) is 22.3. The summed E-state index contributed by atoms with van der Waals surface area (Å²) in [5.74, 6) is 0.800. The first kappa shape index (κ1) is 17.8. The van der Waals surface area contributed by atoms with E-state index >= 15 is 0 Å². The van der Waals surface area contributed by atoms with Crippen LogP contribution in [0.3, 0.4) is 0 Å². The van der Waals surface area contributed by atoms with Crippen LogP contribution in [0.2, 0.25) is 0 Å². The van der Waals surface area contributed by atoms with Crippen molar-refractivity contribution in [3.63, 3.8) is 0 Å². The molecule has 6 heteroatoms. The molecule has 3 saturated heterocycles. The van der Waals surface area contributed by atoms with Gasteiger partial charge >= 0.3 is 0 Å². The van der Waals surface area contributed by atoms with E-state index in [2.05, 4.69) is 5.16 Å². The molecule has 3 fully saturated rings. The van der Waals surface area contributed by atoms with Crippen molar-refractivity contribution >= 4 is 11.8 Å². The number of carbonyl (C=O) groups excluding carboxylic acids is 2. The summed E-state index contributed by atoms with van der Waals surface area (Å²) in [6.45, 7) is 7.33. The number of hydrogen-bond acceptors (Lipinski definition) is 4. The monoisotopic (exact) mass is 367 g/mol. The average molecular weight is 367 g/mol. The maximum atomic E-state index is 13.1. The van der Waals surface area contributed by atoms with Gasteiger partial charge in [0.05, 0.1) is 18.2 Å². The fraction of sp³-hybridized carbons (Fsp3) is 0.476. The molecule has 0 spiro atoms. The van der Waals surface area contributed by atoms with Gasteiger partial charge in [0.1, 0.15) is 5.76 Å². The molecular weight excluding hydrogens is 342 g/mol. The molecule has 4 heterocycles. The van der Waals surface area contributed by atoms with Crippen molar-refractivity contribution in [1.29, 1.82) is 0 Å². The molecule has 0 radical (unpaired) electrons. The van der Waals surface area contributed by atoms with E-state index in [4.69, 9.17) is 4.52 Å². The van der Waals surface area contributed by atoms with Gasteiger partial charge in [-0.15, -0.1) is 0 Å². The predicted octanol–water partition coefficient (Wildman–Crippen LogP) is 2.86. The Morgan fingerprint density at radius 1 is 1.19 bits per heavy atom. The summed E-state index contributed by atoms with van der Waals surface area (Å²) in [5, 5.41) is 4.01. The highest BCUT2D eigenvalue weighted by atomic mass is 16.5. The third kappa shape index (κ3) is 3.13. The van der Waals surface area contributed by atoms with Crippen molar-refractivity contribution in [1.82, 2.24) is 15.0 Å². The van der Waals surface area contributed by atoms with Crippen LogP contribution in [0.25, 0.3) is 0 Å². The van der Waals surface area contributed by atoms with Crippen LogP contribution in [0.5, 0.6) is 0 Å². The van der Waals surface area contributed by atoms with Crippen LogP contribution in [-0.4, -0.2) is 45.9 Å². The molecule has 3 aliphatic rings. The maximum Gasteiger partial charge on any atom is 0.254 e. The van der Waals surface area contributed by atoms with Gasteiger partial charge in [0.2, 0.25) is 5.91 Å². The van der Waals surface area contributed by atoms with Crippen molar-refractivity contribution in [3.05, 3.63) is 52.4 Å². The lowest BCUT2D eigenvalue weighted by Crippen LogP contribution is -2.47. The minimum absolute atomic E-state index is 0.0250. The summed E-state index contributed by atoms with van der Waals surface area (Å²) in [5.41, 5.74) is 3.50. The van der Waals surface area contributed by atoms with Gasteiger partial charge in [-0.05, 0) is 45.2 Å². The second-order valence-corrected chi connectivity index (χ2v) is 7.72. The maximum absolute atomic E-state index is 13.1. The Kier molecular flexibility index (Phi) is 4.50. The highest BCUT2D eigenvalue weighted by Gasteiger charge is 2.42. The summed E-state index contributed by atoms with van der Waals surface area (Å²) in [6.07, 6.45) is 1.77. The number of carbonyl (C=O) groups is 2. The van der Waals surface area contributed by atoms with Crippen LogP contribution < -0.4 is 0 Å². The molecule has 0 N–H and O–H groups in total. The highest BCUT2D eigenvalue weighted by molar-refractivity contribution is 5.96. The lowest BCUT2D eigenvalue weighted by atomic mass is 9.93. The van der Waals surface area contributed by atoms with Crippen LogP contribution in [0, 0.1) is 26.7 Å². The third-order valence-electron chi connectivity index (χ3n) is 5.97. The highest BCUT2D eigenvalue weighted by Crippen LogP contribution is 2.32. The Bertz CT molecular complexity index is 869. The van der Waals surface area contributed by atoms with Crippen LogP contribution in [0.15, 0.2) is 28.8 Å². The summed E-state index contributed by atoms with van der Waals surface area (Å²) >= 11 is 0. The number of aromatic nitrogens is 1. The van der Waals surface area contributed by atoms with Gasteiger partial charge in [-0.25, -0.2) is 0 Å². The summed E-state index contributed by atoms with van der Waals surface area (Å²) in [4.78, 5) is 30.0. The molecule has 2 aromatic rings. The van der Waals surface area contributed by atoms with Gasteiger partial charge in [-0.1, -0.05) is 23.4 Å². The van der Waals surface area contributed by atoms with Crippen molar-refractivity contribution < 1.29 is 14.1 Å². The molecular formula is C21H25N3O3. The number of benzene rings is 1. The van der Waals surface area contributed by atoms with Crippen LogP contribution in [-0.2, 0) is 11.3 Å². The molecule has 5 rings (SSSR count). The molecule has 0 aliphatic carbocycles. The van der Waals surface area contributed by atoms with Gasteiger partial charge in [0.25, 0.3) is 5.91 Å². The van der Waals surface area contributed by atoms with Crippen molar-refractivity contribution in [3.8, 4) is 0 Å². The third-order valence-corrected chi connectivity index (χ3v) is 5.97. The number of fused-ring (bicyclic) bond motifs is 4. The van der Waals surface area contributed by atoms with Gasteiger partial charge in [0.15, 0.2) is 0 Å². The van der Waals surface area contributed by atoms with E-state index in [1.165, 1.54) is 0 Å². The molecule has 6 nitrogen and oxygen atoms in total. The van der Waals surface area contributed by atoms with E-state index < -0.39 is 0 Å². The minimum Gasteiger partial charge on any atom is -0.361 e. The van der Waals surface area contributed by atoms with Gasteiger partial charge in [-0.3, -0.25) is 9.59 Å². The molecule has 1 aromatic carbocycles. The van der Waals surface area contributed by atoms with Gasteiger partial charge < -0.3 is 14.3 Å². The summed E-state index contributed by atoms with van der Waals surface area (Å²) in [7, 11) is 0. The molecule has 0 unspecified atom stereocenters.